The van der Waals surface area contributed by atoms with Crippen molar-refractivity contribution in [3.8, 4) is 0 Å². The van der Waals surface area contributed by atoms with E-state index in [-0.39, 0.29) is 17.6 Å². The predicted octanol–water partition coefficient (Wildman–Crippen LogP) is 2.56. The highest BCUT2D eigenvalue weighted by Crippen LogP contribution is 2.45. The van der Waals surface area contributed by atoms with Gasteiger partial charge in [-0.2, -0.15) is 0 Å². The number of rotatable bonds is 4. The van der Waals surface area contributed by atoms with Crippen LogP contribution < -0.4 is 5.32 Å². The summed E-state index contributed by atoms with van der Waals surface area (Å²) in [7, 11) is 1.29. The van der Waals surface area contributed by atoms with Crippen LogP contribution >= 0.6 is 0 Å². The number of hydrogen-bond acceptors (Lipinski definition) is 4. The monoisotopic (exact) mass is 333 g/mol. The molecule has 1 saturated carbocycles. The summed E-state index contributed by atoms with van der Waals surface area (Å²) in [6.45, 7) is 9.64. The van der Waals surface area contributed by atoms with Crippen molar-refractivity contribution in [1.29, 1.82) is 0 Å². The first kappa shape index (κ1) is 18.4. The maximum absolute atomic E-state index is 12.4. The molecule has 2 rings (SSSR count). The summed E-state index contributed by atoms with van der Waals surface area (Å²) < 4.78 is 4.63. The summed E-state index contributed by atoms with van der Waals surface area (Å²) in [5.41, 5.74) is 2.55. The van der Waals surface area contributed by atoms with Crippen molar-refractivity contribution in [2.75, 3.05) is 7.11 Å². The number of Topliss-reactive ketones (excluding diaryl/α,β-unsaturated/α-hetero) is 1. The van der Waals surface area contributed by atoms with E-state index in [1.165, 1.54) is 12.7 Å². The zero-order valence-corrected chi connectivity index (χ0v) is 15.0. The lowest BCUT2D eigenvalue weighted by Crippen LogP contribution is -2.40. The molecule has 1 fully saturated rings. The van der Waals surface area contributed by atoms with Gasteiger partial charge in [-0.15, -0.1) is 0 Å². The minimum atomic E-state index is -0.703. The van der Waals surface area contributed by atoms with E-state index < -0.39 is 12.0 Å². The van der Waals surface area contributed by atoms with Crippen LogP contribution in [-0.2, 0) is 19.1 Å². The van der Waals surface area contributed by atoms with Crippen molar-refractivity contribution in [2.24, 2.45) is 17.8 Å². The minimum Gasteiger partial charge on any atom is -0.467 e. The average Bonchev–Trinajstić information content (AvgIpc) is 2.74. The lowest BCUT2D eigenvalue weighted by molar-refractivity contribution is -0.144. The van der Waals surface area contributed by atoms with Crippen LogP contribution in [0.2, 0.25) is 0 Å². The fraction of sp³-hybridized carbons (Fsp3) is 0.632. The van der Waals surface area contributed by atoms with Crippen LogP contribution in [0.5, 0.6) is 0 Å². The van der Waals surface area contributed by atoms with Gasteiger partial charge >= 0.3 is 5.97 Å². The Balaban J connectivity index is 2.11. The van der Waals surface area contributed by atoms with Crippen molar-refractivity contribution in [2.45, 2.75) is 52.5 Å². The van der Waals surface area contributed by atoms with Crippen LogP contribution in [0.3, 0.4) is 0 Å². The number of carbonyl (C=O) groups excluding carboxylic acids is 3. The number of nitrogens with one attached hydrogen (secondary N) is 1. The molecule has 0 aromatic heterocycles. The van der Waals surface area contributed by atoms with Gasteiger partial charge in [-0.05, 0) is 56.4 Å². The highest BCUT2D eigenvalue weighted by molar-refractivity contribution is 5.99. The normalized spacial score (nSPS) is 28.0. The van der Waals surface area contributed by atoms with E-state index in [1.807, 2.05) is 6.92 Å². The molecule has 5 nitrogen and oxygen atoms in total. The second-order valence-electron chi connectivity index (χ2n) is 7.08. The number of allylic oxidation sites excluding steroid dienone is 2. The number of amides is 1. The fourth-order valence-corrected chi connectivity index (χ4v) is 3.82. The predicted molar refractivity (Wildman–Crippen MR) is 91.1 cm³/mol. The van der Waals surface area contributed by atoms with E-state index in [9.17, 15) is 14.4 Å². The lowest BCUT2D eigenvalue weighted by atomic mass is 9.86. The van der Waals surface area contributed by atoms with Gasteiger partial charge in [0.25, 0.3) is 0 Å². The molecule has 0 bridgehead atoms. The quantitative estimate of drug-likeness (QED) is 0.634. The van der Waals surface area contributed by atoms with Gasteiger partial charge < -0.3 is 10.1 Å². The summed E-state index contributed by atoms with van der Waals surface area (Å²) in [6, 6.07) is -0.703. The summed E-state index contributed by atoms with van der Waals surface area (Å²) in [5.74, 6) is 0.204. The number of fused-ring (bicyclic) bond motifs is 1. The second kappa shape index (κ2) is 7.32. The summed E-state index contributed by atoms with van der Waals surface area (Å²) in [4.78, 5) is 35.9. The number of hydrogen-bond donors (Lipinski definition) is 1. The Labute approximate surface area is 143 Å². The molecule has 0 radical (unpaired) electrons. The second-order valence-corrected chi connectivity index (χ2v) is 7.08. The maximum atomic E-state index is 12.4. The molecule has 1 amide bonds. The van der Waals surface area contributed by atoms with Crippen molar-refractivity contribution in [3.63, 3.8) is 0 Å². The third-order valence-corrected chi connectivity index (χ3v) is 5.56. The summed E-state index contributed by atoms with van der Waals surface area (Å²) in [5, 5.41) is 2.64. The molecule has 24 heavy (non-hydrogen) atoms. The van der Waals surface area contributed by atoms with Crippen molar-refractivity contribution >= 4 is 17.7 Å². The molecule has 2 unspecified atom stereocenters. The van der Waals surface area contributed by atoms with Crippen molar-refractivity contribution in [1.82, 2.24) is 5.32 Å². The van der Waals surface area contributed by atoms with Crippen LogP contribution in [0.4, 0.5) is 0 Å². The summed E-state index contributed by atoms with van der Waals surface area (Å²) in [6.07, 6.45) is 3.16. The van der Waals surface area contributed by atoms with Crippen LogP contribution in [0, 0.1) is 17.8 Å². The Hall–Kier alpha value is -1.91. The highest BCUT2D eigenvalue weighted by atomic mass is 16.5. The Morgan fingerprint density at radius 2 is 1.96 bits per heavy atom. The molecule has 1 N–H and O–H groups in total. The molecule has 2 aliphatic rings. The molecule has 132 valence electrons. The fourth-order valence-electron chi connectivity index (χ4n) is 3.82. The van der Waals surface area contributed by atoms with Crippen LogP contribution in [0.25, 0.3) is 0 Å². The zero-order chi connectivity index (χ0) is 18.0. The molecule has 2 aliphatic carbocycles. The Bertz CT molecular complexity index is 604. The third-order valence-electron chi connectivity index (χ3n) is 5.56. The molecule has 0 saturated heterocycles. The molecular formula is C19H27NO4. The topological polar surface area (TPSA) is 72.5 Å². The van der Waals surface area contributed by atoms with Gasteiger partial charge in [0.15, 0.2) is 5.78 Å². The van der Waals surface area contributed by atoms with E-state index in [0.29, 0.717) is 30.3 Å². The lowest BCUT2D eigenvalue weighted by Gasteiger charge is -2.20. The van der Waals surface area contributed by atoms with Gasteiger partial charge in [-0.3, -0.25) is 9.59 Å². The zero-order valence-electron chi connectivity index (χ0n) is 15.0. The number of esters is 1. The van der Waals surface area contributed by atoms with Gasteiger partial charge in [0, 0.05) is 12.0 Å². The number of ether oxygens (including phenoxy) is 1. The average molecular weight is 333 g/mol. The van der Waals surface area contributed by atoms with Gasteiger partial charge in [0.05, 0.1) is 7.11 Å². The summed E-state index contributed by atoms with van der Waals surface area (Å²) >= 11 is 0. The Morgan fingerprint density at radius 1 is 1.29 bits per heavy atom. The standard InChI is InChI=1S/C19H27NO4/c1-10-6-7-14(8-16-12(3)17(21)9-15(10)16)11(2)18(22)20-13(4)19(23)24-5/h10,13-15H,2,6-9H2,1,3-5H3,(H,20,22)/t10?,13-,14-,15?/m0/s1. The number of methoxy groups -OCH3 is 1. The molecular weight excluding hydrogens is 306 g/mol. The van der Waals surface area contributed by atoms with E-state index in [4.69, 9.17) is 0 Å². The van der Waals surface area contributed by atoms with Crippen LogP contribution in [-0.4, -0.2) is 30.8 Å². The van der Waals surface area contributed by atoms with E-state index >= 15 is 0 Å². The van der Waals surface area contributed by atoms with Crippen LogP contribution in [0.15, 0.2) is 23.3 Å². The van der Waals surface area contributed by atoms with Gasteiger partial charge in [-0.1, -0.05) is 19.1 Å². The van der Waals surface area contributed by atoms with E-state index in [2.05, 4.69) is 23.6 Å². The van der Waals surface area contributed by atoms with Crippen molar-refractivity contribution in [3.05, 3.63) is 23.3 Å². The van der Waals surface area contributed by atoms with Gasteiger partial charge in [0.1, 0.15) is 6.04 Å². The number of ketones is 1. The van der Waals surface area contributed by atoms with Gasteiger partial charge in [-0.25, -0.2) is 4.79 Å². The molecule has 0 aromatic carbocycles. The van der Waals surface area contributed by atoms with Gasteiger partial charge in [0.2, 0.25) is 5.91 Å². The third kappa shape index (κ3) is 3.60. The first-order chi connectivity index (χ1) is 11.3. The first-order valence-corrected chi connectivity index (χ1v) is 8.56. The highest BCUT2D eigenvalue weighted by Gasteiger charge is 2.38. The Kier molecular flexibility index (Phi) is 5.62. The Morgan fingerprint density at radius 3 is 2.58 bits per heavy atom. The van der Waals surface area contributed by atoms with E-state index in [1.54, 1.807) is 6.92 Å². The molecule has 0 heterocycles. The largest absolute Gasteiger partial charge is 0.467 e. The molecule has 5 heteroatoms. The minimum absolute atomic E-state index is 0.0122. The van der Waals surface area contributed by atoms with E-state index in [0.717, 1.165) is 18.4 Å². The molecule has 0 spiro atoms. The maximum Gasteiger partial charge on any atom is 0.328 e. The van der Waals surface area contributed by atoms with Crippen molar-refractivity contribution < 1.29 is 19.1 Å². The number of carbonyl (C=O) groups is 3. The first-order valence-electron chi connectivity index (χ1n) is 8.56. The smallest absolute Gasteiger partial charge is 0.328 e. The van der Waals surface area contributed by atoms with Crippen LogP contribution in [0.1, 0.15) is 46.5 Å². The SMILES string of the molecule is C=C(C(=O)N[C@@H](C)C(=O)OC)[C@H]1CCC(C)C2CC(=O)C(C)=C2C1. The molecule has 4 atom stereocenters. The molecule has 0 aliphatic heterocycles. The molecule has 0 aromatic rings.